The molecule has 22 heavy (non-hydrogen) atoms. The summed E-state index contributed by atoms with van der Waals surface area (Å²) in [6, 6.07) is 0. The van der Waals surface area contributed by atoms with E-state index in [9.17, 15) is 14.9 Å². The van der Waals surface area contributed by atoms with Gasteiger partial charge in [-0.2, -0.15) is 5.10 Å². The van der Waals surface area contributed by atoms with Gasteiger partial charge in [0.15, 0.2) is 4.34 Å². The van der Waals surface area contributed by atoms with Gasteiger partial charge < -0.3 is 0 Å². The summed E-state index contributed by atoms with van der Waals surface area (Å²) in [6.45, 7) is 4.99. The fourth-order valence-corrected chi connectivity index (χ4v) is 3.51. The molecule has 0 aliphatic rings. The minimum absolute atomic E-state index is 0.0645. The maximum Gasteiger partial charge on any atom is 0.312 e. The Morgan fingerprint density at radius 1 is 1.45 bits per heavy atom. The monoisotopic (exact) mass is 342 g/mol. The molecule has 0 spiro atoms. The smallest absolute Gasteiger partial charge is 0.299 e. The Morgan fingerprint density at radius 2 is 2.18 bits per heavy atom. The molecular weight excluding hydrogens is 328 g/mol. The van der Waals surface area contributed by atoms with E-state index in [1.807, 2.05) is 6.92 Å². The fraction of sp³-hybridized carbons (Fsp3) is 0.455. The Labute approximate surface area is 134 Å². The highest BCUT2D eigenvalue weighted by molar-refractivity contribution is 8.01. The molecule has 11 heteroatoms. The van der Waals surface area contributed by atoms with Crippen LogP contribution in [0.1, 0.15) is 18.3 Å². The fourth-order valence-electron chi connectivity index (χ4n) is 1.84. The zero-order valence-corrected chi connectivity index (χ0v) is 13.8. The number of hydrogen-bond acceptors (Lipinski definition) is 8. The van der Waals surface area contributed by atoms with Crippen LogP contribution in [-0.4, -0.2) is 36.6 Å². The highest BCUT2D eigenvalue weighted by atomic mass is 32.2. The van der Waals surface area contributed by atoms with Crippen molar-refractivity contribution in [1.29, 1.82) is 0 Å². The first-order valence-corrected chi connectivity index (χ1v) is 8.17. The van der Waals surface area contributed by atoms with Crippen molar-refractivity contribution in [3.05, 3.63) is 21.5 Å². The molecule has 0 radical (unpaired) electrons. The molecule has 2 heterocycles. The van der Waals surface area contributed by atoms with Crippen molar-refractivity contribution in [3.8, 4) is 0 Å². The summed E-state index contributed by atoms with van der Waals surface area (Å²) in [5.74, 6) is 0.516. The molecular formula is C11H14N6O3S2. The van der Waals surface area contributed by atoms with Crippen molar-refractivity contribution >= 4 is 39.8 Å². The molecule has 0 aliphatic heterocycles. The van der Waals surface area contributed by atoms with Crippen LogP contribution in [0.5, 0.6) is 0 Å². The number of nitrogens with zero attached hydrogens (tertiary/aromatic N) is 5. The van der Waals surface area contributed by atoms with Crippen molar-refractivity contribution in [3.63, 3.8) is 0 Å². The predicted molar refractivity (Wildman–Crippen MR) is 83.3 cm³/mol. The van der Waals surface area contributed by atoms with Gasteiger partial charge in [0.05, 0.1) is 4.92 Å². The summed E-state index contributed by atoms with van der Waals surface area (Å²) in [7, 11) is 0. The number of nitrogens with one attached hydrogen (secondary N) is 1. The summed E-state index contributed by atoms with van der Waals surface area (Å²) in [6.07, 6.45) is 0. The summed E-state index contributed by atoms with van der Waals surface area (Å²) < 4.78 is 2.09. The lowest BCUT2D eigenvalue weighted by Crippen LogP contribution is -2.20. The van der Waals surface area contributed by atoms with Gasteiger partial charge >= 0.3 is 5.69 Å². The Hall–Kier alpha value is -2.01. The van der Waals surface area contributed by atoms with Crippen LogP contribution in [0.25, 0.3) is 0 Å². The van der Waals surface area contributed by atoms with E-state index in [-0.39, 0.29) is 23.8 Å². The number of nitro groups is 1. The van der Waals surface area contributed by atoms with E-state index >= 15 is 0 Å². The van der Waals surface area contributed by atoms with E-state index in [0.29, 0.717) is 10.8 Å². The van der Waals surface area contributed by atoms with Gasteiger partial charge in [-0.3, -0.25) is 24.9 Å². The topological polar surface area (TPSA) is 116 Å². The van der Waals surface area contributed by atoms with Crippen LogP contribution in [0.4, 0.5) is 10.8 Å². The summed E-state index contributed by atoms with van der Waals surface area (Å²) in [5, 5.41) is 25.8. The van der Waals surface area contributed by atoms with Crippen molar-refractivity contribution < 1.29 is 9.72 Å². The SMILES string of the molecule is CCSc1nnc(NC(=O)Cn2nc(C)c([N+](=O)[O-])c2C)s1. The average molecular weight is 342 g/mol. The number of carbonyl (C=O) groups is 1. The standard InChI is InChI=1S/C11H14N6O3S2/c1-4-21-11-14-13-10(22-11)12-8(18)5-16-7(3)9(17(19)20)6(2)15-16/h4-5H2,1-3H3,(H,12,13,18). The summed E-state index contributed by atoms with van der Waals surface area (Å²) in [5.41, 5.74) is 0.565. The quantitative estimate of drug-likeness (QED) is 0.369. The minimum Gasteiger partial charge on any atom is -0.299 e. The van der Waals surface area contributed by atoms with Crippen LogP contribution < -0.4 is 5.32 Å². The van der Waals surface area contributed by atoms with E-state index in [1.54, 1.807) is 13.8 Å². The molecule has 118 valence electrons. The molecule has 0 saturated heterocycles. The van der Waals surface area contributed by atoms with Crippen LogP contribution in [0, 0.1) is 24.0 Å². The van der Waals surface area contributed by atoms with Crippen molar-refractivity contribution in [1.82, 2.24) is 20.0 Å². The second kappa shape index (κ2) is 6.83. The number of hydrogen-bond donors (Lipinski definition) is 1. The van der Waals surface area contributed by atoms with E-state index in [4.69, 9.17) is 0 Å². The Balaban J connectivity index is 2.05. The van der Waals surface area contributed by atoms with Crippen LogP contribution in [0.15, 0.2) is 4.34 Å². The molecule has 0 bridgehead atoms. The second-order valence-corrected chi connectivity index (χ2v) is 6.78. The number of thioether (sulfide) groups is 1. The molecule has 0 aromatic carbocycles. The largest absolute Gasteiger partial charge is 0.312 e. The molecule has 0 atom stereocenters. The van der Waals surface area contributed by atoms with Gasteiger partial charge in [-0.1, -0.05) is 30.0 Å². The number of aromatic nitrogens is 4. The molecule has 1 amide bonds. The third-order valence-corrected chi connectivity index (χ3v) is 4.59. The second-order valence-electron chi connectivity index (χ2n) is 4.29. The average Bonchev–Trinajstić information content (AvgIpc) is 2.95. The number of anilines is 1. The minimum atomic E-state index is -0.495. The van der Waals surface area contributed by atoms with Crippen molar-refractivity contribution in [2.24, 2.45) is 0 Å². The van der Waals surface area contributed by atoms with Gasteiger partial charge in [0.2, 0.25) is 11.0 Å². The van der Waals surface area contributed by atoms with E-state index < -0.39 is 4.92 Å². The molecule has 0 unspecified atom stereocenters. The maximum absolute atomic E-state index is 12.0. The zero-order chi connectivity index (χ0) is 16.3. The molecule has 0 fully saturated rings. The lowest BCUT2D eigenvalue weighted by Gasteiger charge is -2.03. The Kier molecular flexibility index (Phi) is 5.08. The predicted octanol–water partition coefficient (Wildman–Crippen LogP) is 2.01. The maximum atomic E-state index is 12.0. The van der Waals surface area contributed by atoms with Crippen molar-refractivity contribution in [2.45, 2.75) is 31.7 Å². The van der Waals surface area contributed by atoms with Crippen LogP contribution in [0.3, 0.4) is 0 Å². The molecule has 2 rings (SSSR count). The van der Waals surface area contributed by atoms with Crippen LogP contribution >= 0.6 is 23.1 Å². The molecule has 2 aromatic rings. The number of rotatable bonds is 6. The van der Waals surface area contributed by atoms with Crippen molar-refractivity contribution in [2.75, 3.05) is 11.1 Å². The van der Waals surface area contributed by atoms with Gasteiger partial charge in [-0.25, -0.2) is 0 Å². The lowest BCUT2D eigenvalue weighted by atomic mass is 10.3. The van der Waals surface area contributed by atoms with Gasteiger partial charge in [0.1, 0.15) is 17.9 Å². The first kappa shape index (κ1) is 16.4. The van der Waals surface area contributed by atoms with Gasteiger partial charge in [-0.15, -0.1) is 10.2 Å². The number of amides is 1. The molecule has 2 aromatic heterocycles. The number of aryl methyl sites for hydroxylation is 1. The van der Waals surface area contributed by atoms with Crippen LogP contribution in [0.2, 0.25) is 0 Å². The highest BCUT2D eigenvalue weighted by Crippen LogP contribution is 2.25. The van der Waals surface area contributed by atoms with E-state index in [2.05, 4.69) is 20.6 Å². The molecule has 0 aliphatic carbocycles. The lowest BCUT2D eigenvalue weighted by molar-refractivity contribution is -0.386. The van der Waals surface area contributed by atoms with Crippen LogP contribution in [-0.2, 0) is 11.3 Å². The van der Waals surface area contributed by atoms with Gasteiger partial charge in [-0.05, 0) is 19.6 Å². The third-order valence-electron chi connectivity index (χ3n) is 2.74. The first-order chi connectivity index (χ1) is 10.4. The van der Waals surface area contributed by atoms with E-state index in [1.165, 1.54) is 27.8 Å². The summed E-state index contributed by atoms with van der Waals surface area (Å²) in [4.78, 5) is 22.4. The van der Waals surface area contributed by atoms with E-state index in [0.717, 1.165) is 10.1 Å². The van der Waals surface area contributed by atoms with Gasteiger partial charge in [0, 0.05) is 0 Å². The number of carbonyl (C=O) groups excluding carboxylic acids is 1. The third kappa shape index (κ3) is 3.60. The Bertz CT molecular complexity index is 711. The van der Waals surface area contributed by atoms with Gasteiger partial charge in [0.25, 0.3) is 0 Å². The zero-order valence-electron chi connectivity index (χ0n) is 12.2. The normalized spacial score (nSPS) is 10.7. The Morgan fingerprint density at radius 3 is 2.77 bits per heavy atom. The first-order valence-electron chi connectivity index (χ1n) is 6.37. The molecule has 1 N–H and O–H groups in total. The molecule has 9 nitrogen and oxygen atoms in total. The summed E-state index contributed by atoms with van der Waals surface area (Å²) >= 11 is 2.82. The highest BCUT2D eigenvalue weighted by Gasteiger charge is 2.23. The molecule has 0 saturated carbocycles.